The summed E-state index contributed by atoms with van der Waals surface area (Å²) in [5.41, 5.74) is 0. The van der Waals surface area contributed by atoms with Crippen LogP contribution in [0.4, 0.5) is 5.82 Å². The smallest absolute Gasteiger partial charge is 0.263 e. The zero-order valence-electron chi connectivity index (χ0n) is 10.2. The van der Waals surface area contributed by atoms with Crippen LogP contribution in [0.25, 0.3) is 10.8 Å². The molecule has 2 heterocycles. The third kappa shape index (κ3) is 2.80. The minimum absolute atomic E-state index is 0.0522. The molecule has 0 spiro atoms. The van der Waals surface area contributed by atoms with Crippen molar-refractivity contribution in [2.24, 2.45) is 0 Å². The van der Waals surface area contributed by atoms with E-state index in [4.69, 9.17) is 23.2 Å². The predicted molar refractivity (Wildman–Crippen MR) is 79.1 cm³/mol. The van der Waals surface area contributed by atoms with Gasteiger partial charge in [-0.05, 0) is 29.7 Å². The average molecular weight is 344 g/mol. The maximum atomic E-state index is 12.2. The van der Waals surface area contributed by atoms with Crippen LogP contribution in [0.15, 0.2) is 46.0 Å². The fourth-order valence-electron chi connectivity index (χ4n) is 1.79. The first-order chi connectivity index (χ1) is 9.95. The van der Waals surface area contributed by atoms with Gasteiger partial charge in [0.2, 0.25) is 0 Å². The van der Waals surface area contributed by atoms with Gasteiger partial charge in [-0.15, -0.1) is 0 Å². The molecule has 9 heteroatoms. The third-order valence-electron chi connectivity index (χ3n) is 2.71. The van der Waals surface area contributed by atoms with Crippen molar-refractivity contribution in [1.29, 1.82) is 0 Å². The van der Waals surface area contributed by atoms with Crippen molar-refractivity contribution < 1.29 is 12.9 Å². The minimum Gasteiger partial charge on any atom is -0.363 e. The summed E-state index contributed by atoms with van der Waals surface area (Å²) >= 11 is 11.8. The number of fused-ring (bicyclic) bond motifs is 1. The Morgan fingerprint density at radius 1 is 1.14 bits per heavy atom. The number of hydrogen-bond donors (Lipinski definition) is 1. The van der Waals surface area contributed by atoms with Crippen molar-refractivity contribution in [3.63, 3.8) is 0 Å². The van der Waals surface area contributed by atoms with E-state index < -0.39 is 10.0 Å². The molecule has 1 N–H and O–H groups in total. The zero-order valence-corrected chi connectivity index (χ0v) is 12.6. The van der Waals surface area contributed by atoms with Gasteiger partial charge in [0.05, 0.1) is 4.90 Å². The number of nitrogens with zero attached hydrogens (tertiary/aromatic N) is 2. The van der Waals surface area contributed by atoms with Crippen LogP contribution in [-0.2, 0) is 10.0 Å². The number of sulfonamides is 1. The normalized spacial score (nSPS) is 11.7. The lowest BCUT2D eigenvalue weighted by molar-refractivity contribution is 0.423. The van der Waals surface area contributed by atoms with Crippen LogP contribution in [0, 0.1) is 0 Å². The van der Waals surface area contributed by atoms with Gasteiger partial charge >= 0.3 is 0 Å². The molecular formula is C12H7Cl2N3O3S. The van der Waals surface area contributed by atoms with Crippen molar-refractivity contribution >= 4 is 49.8 Å². The van der Waals surface area contributed by atoms with E-state index in [-0.39, 0.29) is 21.0 Å². The Morgan fingerprint density at radius 3 is 2.67 bits per heavy atom. The molecule has 0 atom stereocenters. The summed E-state index contributed by atoms with van der Waals surface area (Å²) in [5.74, 6) is 0.0980. The highest BCUT2D eigenvalue weighted by atomic mass is 35.5. The third-order valence-corrected chi connectivity index (χ3v) is 4.55. The van der Waals surface area contributed by atoms with E-state index in [9.17, 15) is 8.42 Å². The first-order valence-electron chi connectivity index (χ1n) is 5.65. The summed E-state index contributed by atoms with van der Waals surface area (Å²) in [6.07, 6.45) is 1.27. The highest BCUT2D eigenvalue weighted by Crippen LogP contribution is 2.27. The van der Waals surface area contributed by atoms with Gasteiger partial charge in [-0.2, -0.15) is 0 Å². The second-order valence-corrected chi connectivity index (χ2v) is 6.54. The maximum Gasteiger partial charge on any atom is 0.263 e. The Bertz CT molecular complexity index is 911. The van der Waals surface area contributed by atoms with Crippen molar-refractivity contribution in [1.82, 2.24) is 10.1 Å². The number of hydrogen-bond acceptors (Lipinski definition) is 5. The molecule has 2 aromatic heterocycles. The Hall–Kier alpha value is -1.83. The summed E-state index contributed by atoms with van der Waals surface area (Å²) < 4.78 is 31.3. The highest BCUT2D eigenvalue weighted by molar-refractivity contribution is 7.92. The Kier molecular flexibility index (Phi) is 3.48. The molecule has 3 aromatic rings. The minimum atomic E-state index is -3.78. The molecule has 0 saturated carbocycles. The van der Waals surface area contributed by atoms with Crippen LogP contribution in [0.2, 0.25) is 10.3 Å². The molecule has 108 valence electrons. The number of pyridine rings is 1. The van der Waals surface area contributed by atoms with Gasteiger partial charge in [0.1, 0.15) is 16.6 Å². The van der Waals surface area contributed by atoms with Crippen LogP contribution >= 0.6 is 23.2 Å². The van der Waals surface area contributed by atoms with Gasteiger partial charge in [0, 0.05) is 11.5 Å². The van der Waals surface area contributed by atoms with Gasteiger partial charge in [-0.1, -0.05) is 28.4 Å². The number of halogens is 2. The van der Waals surface area contributed by atoms with E-state index in [1.807, 2.05) is 0 Å². The molecule has 0 aliphatic rings. The molecular weight excluding hydrogens is 337 g/mol. The van der Waals surface area contributed by atoms with E-state index in [2.05, 4.69) is 19.4 Å². The van der Waals surface area contributed by atoms with Crippen LogP contribution in [0.1, 0.15) is 0 Å². The standard InChI is InChI=1S/C12H7Cl2N3O3S/c13-10-6-7-5-8(1-2-9(7)12(14)15-10)21(18,19)17-11-3-4-20-16-11/h1-6H,(H,16,17). The first kappa shape index (κ1) is 14.1. The predicted octanol–water partition coefficient (Wildman–Crippen LogP) is 3.33. The number of nitrogens with one attached hydrogen (secondary N) is 1. The molecule has 0 radical (unpaired) electrons. The lowest BCUT2D eigenvalue weighted by Gasteiger charge is -2.07. The van der Waals surface area contributed by atoms with Crippen molar-refractivity contribution in [3.05, 3.63) is 46.9 Å². The van der Waals surface area contributed by atoms with E-state index in [0.29, 0.717) is 10.8 Å². The molecule has 0 aliphatic carbocycles. The molecule has 3 rings (SSSR count). The number of benzene rings is 1. The lowest BCUT2D eigenvalue weighted by atomic mass is 10.2. The second-order valence-electron chi connectivity index (χ2n) is 4.11. The maximum absolute atomic E-state index is 12.2. The molecule has 0 unspecified atom stereocenters. The summed E-state index contributed by atoms with van der Waals surface area (Å²) in [7, 11) is -3.78. The second kappa shape index (κ2) is 5.18. The Labute approximate surface area is 129 Å². The van der Waals surface area contributed by atoms with Gasteiger partial charge in [0.15, 0.2) is 5.82 Å². The summed E-state index contributed by atoms with van der Waals surface area (Å²) in [6, 6.07) is 7.38. The number of rotatable bonds is 3. The topological polar surface area (TPSA) is 85.1 Å². The molecule has 0 amide bonds. The largest absolute Gasteiger partial charge is 0.363 e. The summed E-state index contributed by atoms with van der Waals surface area (Å²) in [4.78, 5) is 3.95. The van der Waals surface area contributed by atoms with Crippen LogP contribution in [-0.4, -0.2) is 18.6 Å². The van der Waals surface area contributed by atoms with E-state index in [1.165, 1.54) is 30.5 Å². The number of aromatic nitrogens is 2. The van der Waals surface area contributed by atoms with Crippen LogP contribution in [0.5, 0.6) is 0 Å². The summed E-state index contributed by atoms with van der Waals surface area (Å²) in [5, 5.41) is 5.09. The fraction of sp³-hybridized carbons (Fsp3) is 0. The van der Waals surface area contributed by atoms with E-state index >= 15 is 0 Å². The van der Waals surface area contributed by atoms with Gasteiger partial charge in [-0.25, -0.2) is 13.4 Å². The molecule has 6 nitrogen and oxygen atoms in total. The van der Waals surface area contributed by atoms with Gasteiger partial charge in [-0.3, -0.25) is 4.72 Å². The molecule has 0 fully saturated rings. The van der Waals surface area contributed by atoms with Crippen LogP contribution in [0.3, 0.4) is 0 Å². The fourth-order valence-corrected chi connectivity index (χ4v) is 3.33. The molecule has 0 saturated heterocycles. The molecule has 0 aliphatic heterocycles. The van der Waals surface area contributed by atoms with Crippen molar-refractivity contribution in [2.45, 2.75) is 4.90 Å². The Balaban J connectivity index is 2.08. The van der Waals surface area contributed by atoms with Gasteiger partial charge < -0.3 is 4.52 Å². The zero-order chi connectivity index (χ0) is 15.0. The highest BCUT2D eigenvalue weighted by Gasteiger charge is 2.17. The van der Waals surface area contributed by atoms with E-state index in [1.54, 1.807) is 6.07 Å². The number of anilines is 1. The molecule has 21 heavy (non-hydrogen) atoms. The quantitative estimate of drug-likeness (QED) is 0.737. The Morgan fingerprint density at radius 2 is 1.95 bits per heavy atom. The molecule has 0 bridgehead atoms. The molecule has 1 aromatic carbocycles. The average Bonchev–Trinajstić information content (AvgIpc) is 2.90. The van der Waals surface area contributed by atoms with Crippen molar-refractivity contribution in [3.8, 4) is 0 Å². The van der Waals surface area contributed by atoms with Gasteiger partial charge in [0.25, 0.3) is 10.0 Å². The SMILES string of the molecule is O=S(=O)(Nc1ccon1)c1ccc2c(Cl)nc(Cl)cc2c1. The van der Waals surface area contributed by atoms with Crippen LogP contribution < -0.4 is 4.72 Å². The summed E-state index contributed by atoms with van der Waals surface area (Å²) in [6.45, 7) is 0. The van der Waals surface area contributed by atoms with E-state index in [0.717, 1.165) is 0 Å². The lowest BCUT2D eigenvalue weighted by Crippen LogP contribution is -2.13. The first-order valence-corrected chi connectivity index (χ1v) is 7.89. The monoisotopic (exact) mass is 343 g/mol. The van der Waals surface area contributed by atoms with Crippen molar-refractivity contribution in [2.75, 3.05) is 4.72 Å².